The minimum Gasteiger partial charge on any atom is -0.342 e. The maximum absolute atomic E-state index is 4.72. The van der Waals surface area contributed by atoms with Crippen molar-refractivity contribution < 1.29 is 4.52 Å². The molecule has 3 heteroatoms. The number of hydrogen-bond acceptors (Lipinski definition) is 3. The second-order valence-corrected chi connectivity index (χ2v) is 3.70. The van der Waals surface area contributed by atoms with E-state index in [1.807, 2.05) is 30.3 Å². The van der Waals surface area contributed by atoms with Gasteiger partial charge in [-0.25, -0.2) is 0 Å². The summed E-state index contributed by atoms with van der Waals surface area (Å²) in [6, 6.07) is 18.3. The minimum absolute atomic E-state index is 0.615. The Morgan fingerprint density at radius 3 is 2.00 bits per heavy atom. The number of hydrogen-bond donors (Lipinski definition) is 0. The van der Waals surface area contributed by atoms with E-state index in [9.17, 15) is 0 Å². The molecular formula is C14H10N2O. The lowest BCUT2D eigenvalue weighted by atomic mass is 10.0. The summed E-state index contributed by atoms with van der Waals surface area (Å²) in [6.07, 6.45) is 1.33. The van der Waals surface area contributed by atoms with Gasteiger partial charge in [-0.15, -0.1) is 0 Å². The number of benzene rings is 2. The summed E-state index contributed by atoms with van der Waals surface area (Å²) in [5.74, 6) is 0.615. The standard InChI is InChI=1S/C14H10N2O/c1-2-4-11(5-3-1)12-6-8-13(9-7-12)14-15-10-17-16-14/h1-10H. The van der Waals surface area contributed by atoms with E-state index in [0.29, 0.717) is 5.82 Å². The van der Waals surface area contributed by atoms with Gasteiger partial charge in [-0.3, -0.25) is 0 Å². The van der Waals surface area contributed by atoms with Crippen molar-refractivity contribution in [3.8, 4) is 22.5 Å². The second kappa shape index (κ2) is 4.22. The first-order valence-electron chi connectivity index (χ1n) is 5.36. The van der Waals surface area contributed by atoms with Gasteiger partial charge in [0.25, 0.3) is 0 Å². The number of aromatic nitrogens is 2. The van der Waals surface area contributed by atoms with Crippen molar-refractivity contribution in [3.05, 3.63) is 61.0 Å². The fourth-order valence-corrected chi connectivity index (χ4v) is 1.74. The maximum atomic E-state index is 4.72. The fraction of sp³-hybridized carbons (Fsp3) is 0. The molecule has 3 aromatic rings. The lowest BCUT2D eigenvalue weighted by Gasteiger charge is -2.01. The van der Waals surface area contributed by atoms with E-state index >= 15 is 0 Å². The molecule has 0 aliphatic heterocycles. The van der Waals surface area contributed by atoms with Crippen molar-refractivity contribution in [3.63, 3.8) is 0 Å². The first-order chi connectivity index (χ1) is 8.43. The normalized spacial score (nSPS) is 10.4. The van der Waals surface area contributed by atoms with Crippen LogP contribution >= 0.6 is 0 Å². The lowest BCUT2D eigenvalue weighted by Crippen LogP contribution is -1.81. The van der Waals surface area contributed by atoms with Crippen molar-refractivity contribution in [1.29, 1.82) is 0 Å². The Morgan fingerprint density at radius 2 is 1.35 bits per heavy atom. The summed E-state index contributed by atoms with van der Waals surface area (Å²) in [5.41, 5.74) is 3.34. The molecular weight excluding hydrogens is 212 g/mol. The first kappa shape index (κ1) is 9.78. The summed E-state index contributed by atoms with van der Waals surface area (Å²) in [5, 5.41) is 3.80. The van der Waals surface area contributed by atoms with E-state index in [2.05, 4.69) is 34.4 Å². The van der Waals surface area contributed by atoms with Crippen LogP contribution in [0.4, 0.5) is 0 Å². The molecule has 0 unspecified atom stereocenters. The fourth-order valence-electron chi connectivity index (χ4n) is 1.74. The summed E-state index contributed by atoms with van der Waals surface area (Å²) in [6.45, 7) is 0. The lowest BCUT2D eigenvalue weighted by molar-refractivity contribution is 0.419. The highest BCUT2D eigenvalue weighted by Crippen LogP contribution is 2.22. The largest absolute Gasteiger partial charge is 0.342 e. The van der Waals surface area contributed by atoms with E-state index in [1.54, 1.807) is 0 Å². The highest BCUT2D eigenvalue weighted by molar-refractivity contribution is 5.67. The zero-order chi connectivity index (χ0) is 11.5. The quantitative estimate of drug-likeness (QED) is 0.667. The van der Waals surface area contributed by atoms with Crippen molar-refractivity contribution >= 4 is 0 Å². The molecule has 3 nitrogen and oxygen atoms in total. The third kappa shape index (κ3) is 1.95. The van der Waals surface area contributed by atoms with E-state index in [1.165, 1.54) is 17.5 Å². The van der Waals surface area contributed by atoms with Crippen LogP contribution in [-0.2, 0) is 0 Å². The van der Waals surface area contributed by atoms with Gasteiger partial charge in [0.2, 0.25) is 12.2 Å². The molecule has 0 aliphatic rings. The molecule has 0 aliphatic carbocycles. The van der Waals surface area contributed by atoms with Gasteiger partial charge >= 0.3 is 0 Å². The van der Waals surface area contributed by atoms with Crippen LogP contribution in [0.5, 0.6) is 0 Å². The molecule has 0 bridgehead atoms. The average molecular weight is 222 g/mol. The SMILES string of the molecule is c1ccc(-c2ccc(-c3ncon3)cc2)cc1. The highest BCUT2D eigenvalue weighted by Gasteiger charge is 2.03. The molecule has 2 aromatic carbocycles. The topological polar surface area (TPSA) is 38.9 Å². The van der Waals surface area contributed by atoms with Crippen molar-refractivity contribution in [1.82, 2.24) is 10.1 Å². The molecule has 0 saturated carbocycles. The van der Waals surface area contributed by atoms with Crippen LogP contribution in [0, 0.1) is 0 Å². The van der Waals surface area contributed by atoms with Crippen LogP contribution in [0.3, 0.4) is 0 Å². The van der Waals surface area contributed by atoms with Gasteiger partial charge in [0.15, 0.2) is 0 Å². The summed E-state index contributed by atoms with van der Waals surface area (Å²) in [4.78, 5) is 4.01. The third-order valence-electron chi connectivity index (χ3n) is 2.61. The smallest absolute Gasteiger partial charge is 0.214 e. The predicted octanol–water partition coefficient (Wildman–Crippen LogP) is 3.40. The molecule has 0 N–H and O–H groups in total. The van der Waals surface area contributed by atoms with Crippen molar-refractivity contribution in [2.75, 3.05) is 0 Å². The molecule has 0 radical (unpaired) electrons. The van der Waals surface area contributed by atoms with Crippen molar-refractivity contribution in [2.45, 2.75) is 0 Å². The first-order valence-corrected chi connectivity index (χ1v) is 5.36. The van der Waals surface area contributed by atoms with Gasteiger partial charge in [-0.2, -0.15) is 4.98 Å². The van der Waals surface area contributed by atoms with Crippen LogP contribution in [0.25, 0.3) is 22.5 Å². The van der Waals surface area contributed by atoms with Gasteiger partial charge in [0.05, 0.1) is 0 Å². The molecule has 82 valence electrons. The molecule has 0 amide bonds. The number of nitrogens with zero attached hydrogens (tertiary/aromatic N) is 2. The van der Waals surface area contributed by atoms with Crippen molar-refractivity contribution in [2.24, 2.45) is 0 Å². The third-order valence-corrected chi connectivity index (χ3v) is 2.61. The van der Waals surface area contributed by atoms with Gasteiger partial charge < -0.3 is 4.52 Å². The molecule has 3 rings (SSSR count). The van der Waals surface area contributed by atoms with Crippen LogP contribution in [0.1, 0.15) is 0 Å². The summed E-state index contributed by atoms with van der Waals surface area (Å²) < 4.78 is 4.72. The maximum Gasteiger partial charge on any atom is 0.214 e. The molecule has 1 aromatic heterocycles. The van der Waals surface area contributed by atoms with E-state index in [0.717, 1.165) is 5.56 Å². The van der Waals surface area contributed by atoms with Gasteiger partial charge in [0, 0.05) is 5.56 Å². The minimum atomic E-state index is 0.615. The molecule has 0 saturated heterocycles. The van der Waals surface area contributed by atoms with Gasteiger partial charge in [-0.05, 0) is 11.1 Å². The Balaban J connectivity index is 1.96. The average Bonchev–Trinajstić information content (AvgIpc) is 2.94. The Bertz CT molecular complexity index is 586. The van der Waals surface area contributed by atoms with E-state index in [4.69, 9.17) is 4.52 Å². The van der Waals surface area contributed by atoms with Crippen LogP contribution in [-0.4, -0.2) is 10.1 Å². The Morgan fingerprint density at radius 1 is 0.706 bits per heavy atom. The zero-order valence-electron chi connectivity index (χ0n) is 9.08. The predicted molar refractivity (Wildman–Crippen MR) is 65.2 cm³/mol. The summed E-state index contributed by atoms with van der Waals surface area (Å²) >= 11 is 0. The molecule has 0 atom stereocenters. The Labute approximate surface area is 98.7 Å². The highest BCUT2D eigenvalue weighted by atomic mass is 16.5. The summed E-state index contributed by atoms with van der Waals surface area (Å²) in [7, 11) is 0. The van der Waals surface area contributed by atoms with E-state index in [-0.39, 0.29) is 0 Å². The molecule has 0 fully saturated rings. The monoisotopic (exact) mass is 222 g/mol. The Kier molecular flexibility index (Phi) is 2.43. The molecule has 0 spiro atoms. The Hall–Kier alpha value is -2.42. The van der Waals surface area contributed by atoms with Crippen LogP contribution in [0.2, 0.25) is 0 Å². The van der Waals surface area contributed by atoms with E-state index < -0.39 is 0 Å². The van der Waals surface area contributed by atoms with Gasteiger partial charge in [0.1, 0.15) is 0 Å². The number of rotatable bonds is 2. The van der Waals surface area contributed by atoms with Crippen LogP contribution in [0.15, 0.2) is 65.5 Å². The van der Waals surface area contributed by atoms with Crippen LogP contribution < -0.4 is 0 Å². The second-order valence-electron chi connectivity index (χ2n) is 3.70. The van der Waals surface area contributed by atoms with Gasteiger partial charge in [-0.1, -0.05) is 59.8 Å². The zero-order valence-corrected chi connectivity index (χ0v) is 9.08. The molecule has 1 heterocycles. The molecule has 17 heavy (non-hydrogen) atoms.